The Labute approximate surface area is 177 Å². The Bertz CT molecular complexity index is 960. The van der Waals surface area contributed by atoms with Gasteiger partial charge in [-0.25, -0.2) is 4.99 Å². The Morgan fingerprint density at radius 1 is 1.18 bits per heavy atom. The number of thioether (sulfide) groups is 1. The summed E-state index contributed by atoms with van der Waals surface area (Å²) in [5.41, 5.74) is 1.36. The lowest BCUT2D eigenvalue weighted by atomic mass is 10.2. The summed E-state index contributed by atoms with van der Waals surface area (Å²) < 4.78 is 11.0. The number of rotatable bonds is 6. The molecule has 5 nitrogen and oxygen atoms in total. The number of nitrogens with zero attached hydrogens (tertiary/aromatic N) is 1. The van der Waals surface area contributed by atoms with E-state index in [9.17, 15) is 4.79 Å². The molecule has 0 unspecified atom stereocenters. The monoisotopic (exact) mass is 436 g/mol. The largest absolute Gasteiger partial charge is 0.493 e. The third-order valence-corrected chi connectivity index (χ3v) is 5.18. The van der Waals surface area contributed by atoms with Gasteiger partial charge in [0.05, 0.1) is 29.3 Å². The lowest BCUT2D eigenvalue weighted by molar-refractivity contribution is -0.115. The number of ether oxygens (including phenoxy) is 2. The van der Waals surface area contributed by atoms with E-state index >= 15 is 0 Å². The molecule has 1 fully saturated rings. The number of amides is 1. The van der Waals surface area contributed by atoms with Gasteiger partial charge in [-0.15, -0.1) is 0 Å². The van der Waals surface area contributed by atoms with E-state index in [1.54, 1.807) is 31.4 Å². The maximum absolute atomic E-state index is 12.3. The summed E-state index contributed by atoms with van der Waals surface area (Å²) in [6, 6.07) is 10.5. The van der Waals surface area contributed by atoms with Crippen LogP contribution in [0.2, 0.25) is 10.0 Å². The Morgan fingerprint density at radius 2 is 2.00 bits per heavy atom. The standard InChI is InChI=1S/C20H18Cl2N2O3S/c1-3-8-27-16-7-4-12(9-17(16)26-2)10-18-19(25)24-20(28-18)23-15-6-5-13(21)11-14(15)22/h4-7,9-11H,3,8H2,1-2H3,(H,23,24,25). The average molecular weight is 437 g/mol. The van der Waals surface area contributed by atoms with E-state index in [0.29, 0.717) is 43.9 Å². The van der Waals surface area contributed by atoms with E-state index in [1.807, 2.05) is 25.1 Å². The van der Waals surface area contributed by atoms with Crippen LogP contribution in [0.4, 0.5) is 5.69 Å². The summed E-state index contributed by atoms with van der Waals surface area (Å²) in [5, 5.41) is 4.14. The lowest BCUT2D eigenvalue weighted by Crippen LogP contribution is -2.19. The molecule has 2 aromatic carbocycles. The fourth-order valence-corrected chi connectivity index (χ4v) is 3.70. The number of benzene rings is 2. The molecular formula is C20H18Cl2N2O3S. The summed E-state index contributed by atoms with van der Waals surface area (Å²) in [5.74, 6) is 1.07. The van der Waals surface area contributed by atoms with Crippen LogP contribution in [-0.2, 0) is 4.79 Å². The number of methoxy groups -OCH3 is 1. The maximum atomic E-state index is 12.3. The number of carbonyl (C=O) groups excluding carboxylic acids is 1. The van der Waals surface area contributed by atoms with Crippen molar-refractivity contribution in [2.45, 2.75) is 13.3 Å². The third kappa shape index (κ3) is 5.01. The van der Waals surface area contributed by atoms with Gasteiger partial charge < -0.3 is 14.8 Å². The summed E-state index contributed by atoms with van der Waals surface area (Å²) >= 11 is 13.3. The first-order valence-corrected chi connectivity index (χ1v) is 10.1. The van der Waals surface area contributed by atoms with Gasteiger partial charge in [0, 0.05) is 5.02 Å². The number of halogens is 2. The molecule has 28 heavy (non-hydrogen) atoms. The van der Waals surface area contributed by atoms with Gasteiger partial charge in [-0.2, -0.15) is 0 Å². The topological polar surface area (TPSA) is 59.9 Å². The Kier molecular flexibility index (Phi) is 6.88. The van der Waals surface area contributed by atoms with Crippen molar-refractivity contribution in [2.24, 2.45) is 4.99 Å². The highest BCUT2D eigenvalue weighted by molar-refractivity contribution is 8.18. The third-order valence-electron chi connectivity index (χ3n) is 3.73. The van der Waals surface area contributed by atoms with E-state index in [1.165, 1.54) is 11.8 Å². The SMILES string of the molecule is CCCOc1ccc(C=C2SC(=Nc3ccc(Cl)cc3Cl)NC2=O)cc1OC. The fraction of sp³-hybridized carbons (Fsp3) is 0.200. The molecule has 1 amide bonds. The van der Waals surface area contributed by atoms with Crippen molar-refractivity contribution in [3.63, 3.8) is 0 Å². The van der Waals surface area contributed by atoms with Crippen molar-refractivity contribution in [3.8, 4) is 11.5 Å². The average Bonchev–Trinajstić information content (AvgIpc) is 3.01. The number of hydrogen-bond acceptors (Lipinski definition) is 5. The van der Waals surface area contributed by atoms with Gasteiger partial charge in [-0.05, 0) is 60.2 Å². The molecule has 2 aromatic rings. The highest BCUT2D eigenvalue weighted by Crippen LogP contribution is 2.34. The van der Waals surface area contributed by atoms with Crippen LogP contribution in [0.1, 0.15) is 18.9 Å². The molecule has 1 saturated heterocycles. The van der Waals surface area contributed by atoms with Gasteiger partial charge in [0.25, 0.3) is 5.91 Å². The van der Waals surface area contributed by atoms with Crippen LogP contribution in [0.5, 0.6) is 11.5 Å². The molecule has 0 bridgehead atoms. The highest BCUT2D eigenvalue weighted by atomic mass is 35.5. The number of aliphatic imine (C=N–C) groups is 1. The summed E-state index contributed by atoms with van der Waals surface area (Å²) in [6.45, 7) is 2.65. The van der Waals surface area contributed by atoms with E-state index < -0.39 is 0 Å². The van der Waals surface area contributed by atoms with Crippen LogP contribution < -0.4 is 14.8 Å². The summed E-state index contributed by atoms with van der Waals surface area (Å²) in [6.07, 6.45) is 2.68. The molecule has 1 N–H and O–H groups in total. The molecular weight excluding hydrogens is 419 g/mol. The molecule has 1 aliphatic heterocycles. The Hall–Kier alpha value is -2.15. The van der Waals surface area contributed by atoms with Gasteiger partial charge in [0.2, 0.25) is 0 Å². The van der Waals surface area contributed by atoms with E-state index in [4.69, 9.17) is 32.7 Å². The van der Waals surface area contributed by atoms with E-state index in [2.05, 4.69) is 10.3 Å². The molecule has 3 rings (SSSR count). The first-order chi connectivity index (χ1) is 13.5. The molecule has 0 aliphatic carbocycles. The number of hydrogen-bond donors (Lipinski definition) is 1. The van der Waals surface area contributed by atoms with Gasteiger partial charge in [0.15, 0.2) is 16.7 Å². The van der Waals surface area contributed by atoms with Crippen LogP contribution in [0, 0.1) is 0 Å². The lowest BCUT2D eigenvalue weighted by Gasteiger charge is -2.10. The first-order valence-electron chi connectivity index (χ1n) is 8.55. The molecule has 0 saturated carbocycles. The van der Waals surface area contributed by atoms with Crippen molar-refractivity contribution in [1.29, 1.82) is 0 Å². The van der Waals surface area contributed by atoms with Gasteiger partial charge in [-0.1, -0.05) is 36.2 Å². The van der Waals surface area contributed by atoms with Crippen molar-refractivity contribution in [1.82, 2.24) is 5.32 Å². The van der Waals surface area contributed by atoms with Gasteiger partial charge in [0.1, 0.15) is 0 Å². The van der Waals surface area contributed by atoms with Crippen molar-refractivity contribution < 1.29 is 14.3 Å². The summed E-state index contributed by atoms with van der Waals surface area (Å²) in [7, 11) is 1.59. The minimum Gasteiger partial charge on any atom is -0.493 e. The quantitative estimate of drug-likeness (QED) is 0.591. The zero-order chi connectivity index (χ0) is 20.1. The van der Waals surface area contributed by atoms with Crippen molar-refractivity contribution in [2.75, 3.05) is 13.7 Å². The first kappa shape index (κ1) is 20.6. The highest BCUT2D eigenvalue weighted by Gasteiger charge is 2.24. The normalized spacial score (nSPS) is 16.5. The second kappa shape index (κ2) is 9.37. The molecule has 0 atom stereocenters. The molecule has 1 aliphatic rings. The molecule has 0 spiro atoms. The zero-order valence-electron chi connectivity index (χ0n) is 15.3. The maximum Gasteiger partial charge on any atom is 0.264 e. The van der Waals surface area contributed by atoms with Crippen LogP contribution in [-0.4, -0.2) is 24.8 Å². The van der Waals surface area contributed by atoms with Gasteiger partial charge >= 0.3 is 0 Å². The number of nitrogens with one attached hydrogen (secondary N) is 1. The second-order valence-electron chi connectivity index (χ2n) is 5.84. The second-order valence-corrected chi connectivity index (χ2v) is 7.71. The molecule has 0 aromatic heterocycles. The predicted octanol–water partition coefficient (Wildman–Crippen LogP) is 5.68. The zero-order valence-corrected chi connectivity index (χ0v) is 17.6. The predicted molar refractivity (Wildman–Crippen MR) is 116 cm³/mol. The molecule has 1 heterocycles. The van der Waals surface area contributed by atoms with E-state index in [-0.39, 0.29) is 5.91 Å². The number of carbonyl (C=O) groups is 1. The van der Waals surface area contributed by atoms with E-state index in [0.717, 1.165) is 12.0 Å². The smallest absolute Gasteiger partial charge is 0.264 e. The van der Waals surface area contributed by atoms with Crippen LogP contribution in [0.25, 0.3) is 6.08 Å². The van der Waals surface area contributed by atoms with Crippen molar-refractivity contribution >= 4 is 57.8 Å². The Balaban J connectivity index is 1.81. The minimum atomic E-state index is -0.223. The fourth-order valence-electron chi connectivity index (χ4n) is 2.42. The van der Waals surface area contributed by atoms with Crippen LogP contribution in [0.3, 0.4) is 0 Å². The number of amidine groups is 1. The Morgan fingerprint density at radius 3 is 2.71 bits per heavy atom. The molecule has 146 valence electrons. The van der Waals surface area contributed by atoms with Gasteiger partial charge in [-0.3, -0.25) is 4.79 Å². The summed E-state index contributed by atoms with van der Waals surface area (Å²) in [4.78, 5) is 17.2. The van der Waals surface area contributed by atoms with Crippen LogP contribution in [0.15, 0.2) is 46.3 Å². The van der Waals surface area contributed by atoms with Crippen molar-refractivity contribution in [3.05, 3.63) is 56.9 Å². The molecule has 0 radical (unpaired) electrons. The van der Waals surface area contributed by atoms with Crippen LogP contribution >= 0.6 is 35.0 Å². The molecule has 8 heteroatoms. The minimum absolute atomic E-state index is 0.223.